The molecule has 0 atom stereocenters. The molecule has 0 aliphatic heterocycles. The summed E-state index contributed by atoms with van der Waals surface area (Å²) in [7, 11) is -0.827. The SMILES string of the molecule is CNc1c(C=N)ccc(OC)c1NS(=O)(=O)c1ccc(Cl)nc1. The van der Waals surface area contributed by atoms with Gasteiger partial charge in [0.2, 0.25) is 0 Å². The third kappa shape index (κ3) is 3.54. The highest BCUT2D eigenvalue weighted by molar-refractivity contribution is 7.92. The summed E-state index contributed by atoms with van der Waals surface area (Å²) < 4.78 is 32.7. The van der Waals surface area contributed by atoms with Crippen molar-refractivity contribution in [2.75, 3.05) is 24.2 Å². The van der Waals surface area contributed by atoms with E-state index >= 15 is 0 Å². The quantitative estimate of drug-likeness (QED) is 0.546. The van der Waals surface area contributed by atoms with Gasteiger partial charge in [0.25, 0.3) is 10.0 Å². The number of hydrogen-bond acceptors (Lipinski definition) is 6. The molecular weight excluding hydrogens is 340 g/mol. The van der Waals surface area contributed by atoms with Crippen LogP contribution in [0.25, 0.3) is 0 Å². The summed E-state index contributed by atoms with van der Waals surface area (Å²) in [5.41, 5.74) is 1.16. The van der Waals surface area contributed by atoms with Gasteiger partial charge in [0, 0.05) is 25.0 Å². The molecule has 23 heavy (non-hydrogen) atoms. The van der Waals surface area contributed by atoms with E-state index in [4.69, 9.17) is 21.7 Å². The molecule has 0 amide bonds. The molecule has 7 nitrogen and oxygen atoms in total. The Morgan fingerprint density at radius 1 is 1.26 bits per heavy atom. The molecule has 122 valence electrons. The Kier molecular flexibility index (Phi) is 5.07. The highest BCUT2D eigenvalue weighted by atomic mass is 35.5. The third-order valence-electron chi connectivity index (χ3n) is 3.07. The molecule has 0 radical (unpaired) electrons. The first-order valence-electron chi connectivity index (χ1n) is 6.46. The maximum absolute atomic E-state index is 12.5. The highest BCUT2D eigenvalue weighted by Gasteiger charge is 2.21. The van der Waals surface area contributed by atoms with Gasteiger partial charge in [-0.1, -0.05) is 11.6 Å². The lowest BCUT2D eigenvalue weighted by molar-refractivity contribution is 0.417. The molecule has 2 aromatic rings. The van der Waals surface area contributed by atoms with E-state index in [1.54, 1.807) is 19.2 Å². The maximum atomic E-state index is 12.5. The van der Waals surface area contributed by atoms with E-state index in [0.29, 0.717) is 17.0 Å². The monoisotopic (exact) mass is 354 g/mol. The van der Waals surface area contributed by atoms with E-state index in [0.717, 1.165) is 12.4 Å². The first kappa shape index (κ1) is 17.0. The van der Waals surface area contributed by atoms with Crippen LogP contribution in [-0.2, 0) is 10.0 Å². The lowest BCUT2D eigenvalue weighted by Gasteiger charge is -2.17. The molecule has 1 heterocycles. The molecule has 3 N–H and O–H groups in total. The van der Waals surface area contributed by atoms with Crippen LogP contribution in [0.3, 0.4) is 0 Å². The van der Waals surface area contributed by atoms with Crippen molar-refractivity contribution < 1.29 is 13.2 Å². The van der Waals surface area contributed by atoms with E-state index in [9.17, 15) is 8.42 Å². The number of halogens is 1. The maximum Gasteiger partial charge on any atom is 0.263 e. The Balaban J connectivity index is 2.53. The van der Waals surface area contributed by atoms with Crippen LogP contribution < -0.4 is 14.8 Å². The van der Waals surface area contributed by atoms with Gasteiger partial charge in [0.1, 0.15) is 21.5 Å². The van der Waals surface area contributed by atoms with Gasteiger partial charge in [0.05, 0.1) is 12.8 Å². The normalized spacial score (nSPS) is 10.9. The fraction of sp³-hybridized carbons (Fsp3) is 0.143. The Bertz CT molecular complexity index is 823. The van der Waals surface area contributed by atoms with Crippen LogP contribution >= 0.6 is 11.6 Å². The van der Waals surface area contributed by atoms with Crippen molar-refractivity contribution in [1.82, 2.24) is 4.98 Å². The second-order valence-corrected chi connectivity index (χ2v) is 6.49. The van der Waals surface area contributed by atoms with Gasteiger partial charge < -0.3 is 15.5 Å². The van der Waals surface area contributed by atoms with E-state index in [-0.39, 0.29) is 15.7 Å². The smallest absolute Gasteiger partial charge is 0.263 e. The van der Waals surface area contributed by atoms with E-state index in [1.165, 1.54) is 19.2 Å². The number of nitrogens with zero attached hydrogens (tertiary/aromatic N) is 1. The van der Waals surface area contributed by atoms with Crippen molar-refractivity contribution in [3.8, 4) is 5.75 Å². The molecule has 0 unspecified atom stereocenters. The number of pyridine rings is 1. The molecule has 0 saturated carbocycles. The lowest BCUT2D eigenvalue weighted by atomic mass is 10.1. The van der Waals surface area contributed by atoms with Crippen molar-refractivity contribution in [3.05, 3.63) is 41.2 Å². The Hall–Kier alpha value is -2.32. The van der Waals surface area contributed by atoms with E-state index < -0.39 is 10.0 Å². The van der Waals surface area contributed by atoms with Gasteiger partial charge in [-0.3, -0.25) is 4.72 Å². The Labute approximate surface area is 139 Å². The second-order valence-electron chi connectivity index (χ2n) is 4.42. The van der Waals surface area contributed by atoms with Crippen LogP contribution in [0.15, 0.2) is 35.4 Å². The minimum Gasteiger partial charge on any atom is -0.494 e. The summed E-state index contributed by atoms with van der Waals surface area (Å²) in [6.07, 6.45) is 2.28. The minimum absolute atomic E-state index is 0.0359. The van der Waals surface area contributed by atoms with Crippen LogP contribution in [0.2, 0.25) is 5.15 Å². The molecule has 0 fully saturated rings. The molecule has 0 aliphatic rings. The highest BCUT2D eigenvalue weighted by Crippen LogP contribution is 2.36. The van der Waals surface area contributed by atoms with Crippen LogP contribution in [0.1, 0.15) is 5.56 Å². The van der Waals surface area contributed by atoms with Gasteiger partial charge in [-0.15, -0.1) is 0 Å². The molecule has 9 heteroatoms. The average molecular weight is 355 g/mol. The summed E-state index contributed by atoms with van der Waals surface area (Å²) in [6, 6.07) is 5.97. The predicted molar refractivity (Wildman–Crippen MR) is 90.5 cm³/mol. The molecule has 1 aromatic heterocycles. The largest absolute Gasteiger partial charge is 0.494 e. The van der Waals surface area contributed by atoms with Crippen LogP contribution in [0, 0.1) is 5.41 Å². The van der Waals surface area contributed by atoms with Crippen molar-refractivity contribution in [2.45, 2.75) is 4.90 Å². The summed E-state index contributed by atoms with van der Waals surface area (Å²) in [5, 5.41) is 10.5. The summed E-state index contributed by atoms with van der Waals surface area (Å²) in [4.78, 5) is 3.73. The topological polar surface area (TPSA) is 104 Å². The first-order valence-corrected chi connectivity index (χ1v) is 8.32. The summed E-state index contributed by atoms with van der Waals surface area (Å²) in [5.74, 6) is 0.324. The second kappa shape index (κ2) is 6.84. The fourth-order valence-corrected chi connectivity index (χ4v) is 3.11. The van der Waals surface area contributed by atoms with Gasteiger partial charge >= 0.3 is 0 Å². The Morgan fingerprint density at radius 3 is 2.52 bits per heavy atom. The summed E-state index contributed by atoms with van der Waals surface area (Å²) >= 11 is 5.68. The van der Waals surface area contributed by atoms with E-state index in [2.05, 4.69) is 15.0 Å². The number of hydrogen-bond donors (Lipinski definition) is 3. The number of benzene rings is 1. The zero-order chi connectivity index (χ0) is 17.0. The number of sulfonamides is 1. The van der Waals surface area contributed by atoms with E-state index in [1.807, 2.05) is 0 Å². The van der Waals surface area contributed by atoms with Crippen molar-refractivity contribution in [2.24, 2.45) is 0 Å². The number of rotatable bonds is 6. The van der Waals surface area contributed by atoms with Crippen LogP contribution in [-0.4, -0.2) is 33.8 Å². The van der Waals surface area contributed by atoms with Crippen LogP contribution in [0.5, 0.6) is 5.75 Å². The fourth-order valence-electron chi connectivity index (χ4n) is 1.98. The minimum atomic E-state index is -3.89. The molecule has 0 bridgehead atoms. The molecule has 2 rings (SSSR count). The summed E-state index contributed by atoms with van der Waals surface area (Å²) in [6.45, 7) is 0. The van der Waals surface area contributed by atoms with Gasteiger partial charge in [0.15, 0.2) is 0 Å². The molecule has 0 saturated heterocycles. The van der Waals surface area contributed by atoms with Crippen molar-refractivity contribution in [3.63, 3.8) is 0 Å². The zero-order valence-corrected chi connectivity index (χ0v) is 14.0. The number of nitrogens with one attached hydrogen (secondary N) is 3. The number of ether oxygens (including phenoxy) is 1. The average Bonchev–Trinajstić information content (AvgIpc) is 2.54. The molecule has 1 aromatic carbocycles. The Morgan fingerprint density at radius 2 is 2.00 bits per heavy atom. The van der Waals surface area contributed by atoms with Crippen molar-refractivity contribution in [1.29, 1.82) is 5.41 Å². The molecule has 0 aliphatic carbocycles. The van der Waals surface area contributed by atoms with Gasteiger partial charge in [-0.25, -0.2) is 13.4 Å². The number of aromatic nitrogens is 1. The van der Waals surface area contributed by atoms with Gasteiger partial charge in [-0.05, 0) is 24.3 Å². The predicted octanol–water partition coefficient (Wildman–Crippen LogP) is 2.58. The number of methoxy groups -OCH3 is 1. The lowest BCUT2D eigenvalue weighted by Crippen LogP contribution is -2.16. The first-order chi connectivity index (χ1) is 10.9. The standard InChI is InChI=1S/C14H15ClN4O3S/c1-17-13-9(7-16)3-5-11(22-2)14(13)19-23(20,21)10-4-6-12(15)18-8-10/h3-8,16-17,19H,1-2H3. The third-order valence-corrected chi connectivity index (χ3v) is 4.63. The zero-order valence-electron chi connectivity index (χ0n) is 12.4. The molecular formula is C14H15ClN4O3S. The van der Waals surface area contributed by atoms with Gasteiger partial charge in [-0.2, -0.15) is 0 Å². The van der Waals surface area contributed by atoms with Crippen molar-refractivity contribution >= 4 is 39.2 Å². The molecule has 0 spiro atoms. The number of anilines is 2. The van der Waals surface area contributed by atoms with Crippen LogP contribution in [0.4, 0.5) is 11.4 Å².